The van der Waals surface area contributed by atoms with Gasteiger partial charge in [-0.3, -0.25) is 0 Å². The molecule has 3 heteroatoms. The maximum Gasteiger partial charge on any atom is 0.108 e. The number of nitrogens with one attached hydrogen (secondary N) is 1. The van der Waals surface area contributed by atoms with Crippen molar-refractivity contribution in [2.45, 2.75) is 6.54 Å². The molecule has 0 aliphatic carbocycles. The Balaban J connectivity index is 2.50. The lowest BCUT2D eigenvalue weighted by Gasteiger charge is -2.11. The molecular formula is C9H8N2O. The van der Waals surface area contributed by atoms with Gasteiger partial charge in [-0.25, -0.2) is 0 Å². The molecule has 0 saturated heterocycles. The summed E-state index contributed by atoms with van der Waals surface area (Å²) in [6.45, 7) is 0.773. The first-order valence-electron chi connectivity index (χ1n) is 3.76. The summed E-state index contributed by atoms with van der Waals surface area (Å²) in [6, 6.07) is 5.43. The second-order valence-electron chi connectivity index (χ2n) is 2.69. The molecule has 3 nitrogen and oxygen atoms in total. The minimum Gasteiger partial charge on any atom is -0.387 e. The van der Waals surface area contributed by atoms with Crippen LogP contribution >= 0.6 is 0 Å². The van der Waals surface area contributed by atoms with Crippen molar-refractivity contribution >= 4 is 11.8 Å². The molecule has 1 N–H and O–H groups in total. The van der Waals surface area contributed by atoms with Crippen molar-refractivity contribution in [1.29, 1.82) is 0 Å². The van der Waals surface area contributed by atoms with Gasteiger partial charge in [-0.05, 0) is 40.7 Å². The fourth-order valence-electron chi connectivity index (χ4n) is 1.28. The van der Waals surface area contributed by atoms with E-state index >= 15 is 0 Å². The van der Waals surface area contributed by atoms with Crippen LogP contribution < -0.4 is 5.32 Å². The third-order valence-electron chi connectivity index (χ3n) is 1.91. The van der Waals surface area contributed by atoms with E-state index in [2.05, 4.69) is 10.5 Å². The van der Waals surface area contributed by atoms with E-state index in [1.165, 1.54) is 0 Å². The van der Waals surface area contributed by atoms with E-state index in [0.29, 0.717) is 5.69 Å². The van der Waals surface area contributed by atoms with E-state index in [0.717, 1.165) is 17.7 Å². The Morgan fingerprint density at radius 1 is 1.42 bits per heavy atom. The molecule has 2 rings (SSSR count). The van der Waals surface area contributed by atoms with Crippen LogP contribution in [0, 0.1) is 4.91 Å². The molecule has 1 aliphatic heterocycles. The van der Waals surface area contributed by atoms with Crippen molar-refractivity contribution in [3.8, 4) is 0 Å². The summed E-state index contributed by atoms with van der Waals surface area (Å²) in [6.07, 6.45) is 3.88. The van der Waals surface area contributed by atoms with Crippen molar-refractivity contribution in [2.24, 2.45) is 5.18 Å². The van der Waals surface area contributed by atoms with E-state index in [9.17, 15) is 4.91 Å². The second kappa shape index (κ2) is 2.77. The molecule has 0 saturated carbocycles. The average Bonchev–Trinajstić information content (AvgIpc) is 2.17. The predicted molar refractivity (Wildman–Crippen MR) is 47.8 cm³/mol. The van der Waals surface area contributed by atoms with E-state index in [-0.39, 0.29) is 0 Å². The summed E-state index contributed by atoms with van der Waals surface area (Å²) in [5.41, 5.74) is 2.77. The second-order valence-corrected chi connectivity index (χ2v) is 2.69. The quantitative estimate of drug-likeness (QED) is 0.639. The highest BCUT2D eigenvalue weighted by molar-refractivity contribution is 5.59. The third-order valence-corrected chi connectivity index (χ3v) is 1.91. The summed E-state index contributed by atoms with van der Waals surface area (Å²) in [7, 11) is 0. The maximum absolute atomic E-state index is 10.2. The zero-order valence-corrected chi connectivity index (χ0v) is 6.45. The number of hydrogen-bond acceptors (Lipinski definition) is 3. The van der Waals surface area contributed by atoms with Gasteiger partial charge in [0.1, 0.15) is 5.69 Å². The molecule has 0 unspecified atom stereocenters. The third kappa shape index (κ3) is 1.09. The average molecular weight is 160 g/mol. The van der Waals surface area contributed by atoms with Gasteiger partial charge in [-0.2, -0.15) is 0 Å². The van der Waals surface area contributed by atoms with Crippen LogP contribution in [0.2, 0.25) is 0 Å². The van der Waals surface area contributed by atoms with Crippen molar-refractivity contribution in [3.05, 3.63) is 40.4 Å². The number of benzene rings is 1. The highest BCUT2D eigenvalue weighted by atomic mass is 16.3. The van der Waals surface area contributed by atoms with Gasteiger partial charge in [0, 0.05) is 6.54 Å². The smallest absolute Gasteiger partial charge is 0.108 e. The van der Waals surface area contributed by atoms with Gasteiger partial charge in [-0.1, -0.05) is 6.07 Å². The van der Waals surface area contributed by atoms with Crippen LogP contribution in [0.5, 0.6) is 0 Å². The lowest BCUT2D eigenvalue weighted by atomic mass is 10.0. The van der Waals surface area contributed by atoms with Crippen LogP contribution in [0.25, 0.3) is 6.08 Å². The van der Waals surface area contributed by atoms with Gasteiger partial charge in [0.2, 0.25) is 0 Å². The molecule has 1 aromatic rings. The van der Waals surface area contributed by atoms with Crippen LogP contribution in [0.3, 0.4) is 0 Å². The predicted octanol–water partition coefficient (Wildman–Crippen LogP) is 2.16. The van der Waals surface area contributed by atoms with Gasteiger partial charge in [0.05, 0.1) is 0 Å². The summed E-state index contributed by atoms with van der Waals surface area (Å²) < 4.78 is 0. The first-order chi connectivity index (χ1) is 5.90. The normalized spacial score (nSPS) is 13.3. The van der Waals surface area contributed by atoms with Gasteiger partial charge < -0.3 is 5.32 Å². The minimum atomic E-state index is 0.492. The van der Waals surface area contributed by atoms with E-state index in [4.69, 9.17) is 0 Å². The van der Waals surface area contributed by atoms with E-state index in [1.807, 2.05) is 18.3 Å². The maximum atomic E-state index is 10.2. The molecule has 1 aromatic carbocycles. The van der Waals surface area contributed by atoms with Gasteiger partial charge in [-0.15, -0.1) is 4.91 Å². The number of hydrogen-bond donors (Lipinski definition) is 1. The zero-order valence-electron chi connectivity index (χ0n) is 6.45. The minimum absolute atomic E-state index is 0.492. The molecule has 0 amide bonds. The van der Waals surface area contributed by atoms with E-state index < -0.39 is 0 Å². The Hall–Kier alpha value is -1.64. The van der Waals surface area contributed by atoms with Crippen molar-refractivity contribution in [2.75, 3.05) is 0 Å². The first-order valence-corrected chi connectivity index (χ1v) is 3.76. The van der Waals surface area contributed by atoms with Gasteiger partial charge in [0.25, 0.3) is 0 Å². The van der Waals surface area contributed by atoms with Crippen molar-refractivity contribution < 1.29 is 0 Å². The molecule has 60 valence electrons. The van der Waals surface area contributed by atoms with Crippen molar-refractivity contribution in [1.82, 2.24) is 5.32 Å². The standard InChI is InChI=1S/C9H8N2O/c12-11-9-2-1-7-3-4-10-6-8(7)5-9/h1-5,10H,6H2. The SMILES string of the molecule is O=Nc1ccc2c(c1)CNC=C2. The fraction of sp³-hybridized carbons (Fsp3) is 0.111. The number of fused-ring (bicyclic) bond motifs is 1. The highest BCUT2D eigenvalue weighted by Gasteiger charge is 2.03. The van der Waals surface area contributed by atoms with Crippen LogP contribution in [0.4, 0.5) is 5.69 Å². The lowest BCUT2D eigenvalue weighted by molar-refractivity contribution is 0.859. The Morgan fingerprint density at radius 3 is 3.17 bits per heavy atom. The number of nitroso groups, excluding NO2 is 1. The summed E-state index contributed by atoms with van der Waals surface area (Å²) >= 11 is 0. The number of rotatable bonds is 1. The van der Waals surface area contributed by atoms with Crippen LogP contribution in [0.15, 0.2) is 29.6 Å². The summed E-state index contributed by atoms with van der Waals surface area (Å²) in [4.78, 5) is 10.2. The molecule has 1 aliphatic rings. The van der Waals surface area contributed by atoms with Crippen LogP contribution in [-0.2, 0) is 6.54 Å². The molecule has 0 radical (unpaired) electrons. The molecular weight excluding hydrogens is 152 g/mol. The van der Waals surface area contributed by atoms with E-state index in [1.54, 1.807) is 12.1 Å². The summed E-state index contributed by atoms with van der Waals surface area (Å²) in [5, 5.41) is 5.94. The Labute approximate surface area is 70.1 Å². The zero-order chi connectivity index (χ0) is 8.39. The Kier molecular flexibility index (Phi) is 1.63. The number of nitrogens with zero attached hydrogens (tertiary/aromatic N) is 1. The topological polar surface area (TPSA) is 41.5 Å². The molecule has 0 spiro atoms. The molecule has 0 bridgehead atoms. The molecule has 0 aromatic heterocycles. The largest absolute Gasteiger partial charge is 0.387 e. The van der Waals surface area contributed by atoms with Crippen LogP contribution in [0.1, 0.15) is 11.1 Å². The monoisotopic (exact) mass is 160 g/mol. The highest BCUT2D eigenvalue weighted by Crippen LogP contribution is 2.20. The van der Waals surface area contributed by atoms with Crippen molar-refractivity contribution in [3.63, 3.8) is 0 Å². The molecule has 0 fully saturated rings. The molecule has 0 atom stereocenters. The Morgan fingerprint density at radius 2 is 2.33 bits per heavy atom. The molecule has 12 heavy (non-hydrogen) atoms. The van der Waals surface area contributed by atoms with Gasteiger partial charge >= 0.3 is 0 Å². The first kappa shape index (κ1) is 7.03. The summed E-state index contributed by atoms with van der Waals surface area (Å²) in [5.74, 6) is 0. The fourth-order valence-corrected chi connectivity index (χ4v) is 1.28. The van der Waals surface area contributed by atoms with Crippen LogP contribution in [-0.4, -0.2) is 0 Å². The Bertz CT molecular complexity index is 344. The molecule has 1 heterocycles. The lowest BCUT2D eigenvalue weighted by Crippen LogP contribution is -2.09. The van der Waals surface area contributed by atoms with Gasteiger partial charge in [0.15, 0.2) is 0 Å².